The Labute approximate surface area is 147 Å². The standard InChI is InChI=1S/C19H25N3O3/c1-2-3-7-13(12-17(23)24)19(25)22-11-6-10-16(22)18-20-14-8-4-5-9-15(14)21-18/h4-5,8-9,13,16H,2-3,6-7,10-12H2,1H3,(H,20,21)(H,23,24)/t13?,16-/m0/s1. The number of benzene rings is 1. The van der Waals surface area contributed by atoms with Gasteiger partial charge in [0.15, 0.2) is 0 Å². The molecule has 0 aliphatic carbocycles. The summed E-state index contributed by atoms with van der Waals surface area (Å²) in [5.41, 5.74) is 1.86. The van der Waals surface area contributed by atoms with Crippen molar-refractivity contribution in [3.63, 3.8) is 0 Å². The lowest BCUT2D eigenvalue weighted by molar-refractivity contribution is -0.145. The van der Waals surface area contributed by atoms with E-state index in [0.717, 1.165) is 42.5 Å². The van der Waals surface area contributed by atoms with Gasteiger partial charge in [0.2, 0.25) is 5.91 Å². The highest BCUT2D eigenvalue weighted by molar-refractivity contribution is 5.84. The van der Waals surface area contributed by atoms with Crippen molar-refractivity contribution in [3.05, 3.63) is 30.1 Å². The van der Waals surface area contributed by atoms with Crippen LogP contribution in [0.3, 0.4) is 0 Å². The first-order valence-electron chi connectivity index (χ1n) is 9.07. The lowest BCUT2D eigenvalue weighted by Crippen LogP contribution is -2.37. The number of unbranched alkanes of at least 4 members (excludes halogenated alkanes) is 1. The SMILES string of the molecule is CCCCC(CC(=O)O)C(=O)N1CCC[C@H]1c1nc2ccccc2[nH]1. The van der Waals surface area contributed by atoms with Crippen molar-refractivity contribution in [1.29, 1.82) is 0 Å². The van der Waals surface area contributed by atoms with Crippen LogP contribution in [-0.2, 0) is 9.59 Å². The average Bonchev–Trinajstić information content (AvgIpc) is 3.23. The Morgan fingerprint density at radius 3 is 2.92 bits per heavy atom. The van der Waals surface area contributed by atoms with Crippen LogP contribution in [0.2, 0.25) is 0 Å². The van der Waals surface area contributed by atoms with E-state index in [2.05, 4.69) is 16.9 Å². The lowest BCUT2D eigenvalue weighted by Gasteiger charge is -2.27. The number of hydrogen-bond donors (Lipinski definition) is 2. The summed E-state index contributed by atoms with van der Waals surface area (Å²) in [4.78, 5) is 34.0. The maximum atomic E-state index is 13.0. The van der Waals surface area contributed by atoms with E-state index in [-0.39, 0.29) is 18.4 Å². The van der Waals surface area contributed by atoms with Gasteiger partial charge in [-0.25, -0.2) is 4.98 Å². The summed E-state index contributed by atoms with van der Waals surface area (Å²) in [6.07, 6.45) is 4.14. The summed E-state index contributed by atoms with van der Waals surface area (Å²) < 4.78 is 0. The quantitative estimate of drug-likeness (QED) is 0.805. The van der Waals surface area contributed by atoms with Gasteiger partial charge in [-0.3, -0.25) is 9.59 Å². The van der Waals surface area contributed by atoms with Gasteiger partial charge in [0, 0.05) is 12.5 Å². The van der Waals surface area contributed by atoms with Crippen LogP contribution in [0.25, 0.3) is 11.0 Å². The third-order valence-corrected chi connectivity index (χ3v) is 4.94. The molecule has 1 aliphatic rings. The molecule has 1 amide bonds. The number of fused-ring (bicyclic) bond motifs is 1. The lowest BCUT2D eigenvalue weighted by atomic mass is 9.96. The van der Waals surface area contributed by atoms with Crippen LogP contribution in [0.5, 0.6) is 0 Å². The molecule has 134 valence electrons. The molecule has 2 N–H and O–H groups in total. The van der Waals surface area contributed by atoms with Crippen LogP contribution in [0.15, 0.2) is 24.3 Å². The summed E-state index contributed by atoms with van der Waals surface area (Å²) in [6, 6.07) is 7.73. The van der Waals surface area contributed by atoms with Crippen molar-refractivity contribution in [2.24, 2.45) is 5.92 Å². The van der Waals surface area contributed by atoms with Crippen molar-refractivity contribution in [2.45, 2.75) is 51.5 Å². The van der Waals surface area contributed by atoms with Crippen LogP contribution >= 0.6 is 0 Å². The molecule has 1 aromatic heterocycles. The highest BCUT2D eigenvalue weighted by Crippen LogP contribution is 2.33. The van der Waals surface area contributed by atoms with E-state index in [1.54, 1.807) is 0 Å². The number of hydrogen-bond acceptors (Lipinski definition) is 3. The van der Waals surface area contributed by atoms with Crippen LogP contribution in [0, 0.1) is 5.92 Å². The molecule has 0 radical (unpaired) electrons. The van der Waals surface area contributed by atoms with Crippen molar-refractivity contribution in [1.82, 2.24) is 14.9 Å². The summed E-state index contributed by atoms with van der Waals surface area (Å²) in [7, 11) is 0. The second-order valence-electron chi connectivity index (χ2n) is 6.77. The molecule has 1 aromatic carbocycles. The molecule has 0 bridgehead atoms. The minimum absolute atomic E-state index is 0.0428. The highest BCUT2D eigenvalue weighted by Gasteiger charge is 2.36. The Morgan fingerprint density at radius 1 is 1.40 bits per heavy atom. The molecule has 0 saturated carbocycles. The maximum Gasteiger partial charge on any atom is 0.304 e. The summed E-state index contributed by atoms with van der Waals surface area (Å²) in [5, 5.41) is 9.16. The fraction of sp³-hybridized carbons (Fsp3) is 0.526. The third kappa shape index (κ3) is 3.83. The van der Waals surface area contributed by atoms with Gasteiger partial charge < -0.3 is 15.0 Å². The Bertz CT molecular complexity index is 722. The van der Waals surface area contributed by atoms with Gasteiger partial charge >= 0.3 is 5.97 Å². The first kappa shape index (κ1) is 17.5. The third-order valence-electron chi connectivity index (χ3n) is 4.94. The van der Waals surface area contributed by atoms with E-state index in [1.165, 1.54) is 0 Å². The van der Waals surface area contributed by atoms with Crippen molar-refractivity contribution < 1.29 is 14.7 Å². The smallest absolute Gasteiger partial charge is 0.304 e. The van der Waals surface area contributed by atoms with E-state index < -0.39 is 11.9 Å². The van der Waals surface area contributed by atoms with Crippen LogP contribution < -0.4 is 0 Å². The zero-order valence-electron chi connectivity index (χ0n) is 14.6. The number of carbonyl (C=O) groups is 2. The van der Waals surface area contributed by atoms with Crippen molar-refractivity contribution in [2.75, 3.05) is 6.54 Å². The summed E-state index contributed by atoms with van der Waals surface area (Å²) >= 11 is 0. The van der Waals surface area contributed by atoms with Gasteiger partial charge in [0.25, 0.3) is 0 Å². The predicted octanol–water partition coefficient (Wildman–Crippen LogP) is 3.51. The van der Waals surface area contributed by atoms with Crippen molar-refractivity contribution >= 4 is 22.9 Å². The second kappa shape index (κ2) is 7.68. The minimum atomic E-state index is -0.908. The Balaban J connectivity index is 1.81. The highest BCUT2D eigenvalue weighted by atomic mass is 16.4. The number of nitrogens with one attached hydrogen (secondary N) is 1. The minimum Gasteiger partial charge on any atom is -0.481 e. The number of likely N-dealkylation sites (tertiary alicyclic amines) is 1. The second-order valence-corrected chi connectivity index (χ2v) is 6.77. The van der Waals surface area contributed by atoms with Gasteiger partial charge in [0.05, 0.1) is 23.5 Å². The van der Waals surface area contributed by atoms with E-state index in [0.29, 0.717) is 13.0 Å². The predicted molar refractivity (Wildman–Crippen MR) is 95.0 cm³/mol. The molecular formula is C19H25N3O3. The normalized spacial score (nSPS) is 18.6. The Morgan fingerprint density at radius 2 is 2.20 bits per heavy atom. The molecule has 1 unspecified atom stereocenters. The molecule has 1 fully saturated rings. The van der Waals surface area contributed by atoms with E-state index >= 15 is 0 Å². The number of H-pyrrole nitrogens is 1. The molecule has 25 heavy (non-hydrogen) atoms. The number of nitrogens with zero attached hydrogens (tertiary/aromatic N) is 2. The van der Waals surface area contributed by atoms with E-state index in [4.69, 9.17) is 5.11 Å². The molecule has 6 nitrogen and oxygen atoms in total. The number of aromatic amines is 1. The van der Waals surface area contributed by atoms with Gasteiger partial charge in [-0.2, -0.15) is 0 Å². The van der Waals surface area contributed by atoms with Gasteiger partial charge in [-0.1, -0.05) is 31.9 Å². The van der Waals surface area contributed by atoms with Gasteiger partial charge in [-0.05, 0) is 31.4 Å². The molecule has 1 saturated heterocycles. The van der Waals surface area contributed by atoms with Gasteiger partial charge in [-0.15, -0.1) is 0 Å². The number of aromatic nitrogens is 2. The number of carbonyl (C=O) groups excluding carboxylic acids is 1. The van der Waals surface area contributed by atoms with E-state index in [1.807, 2.05) is 29.2 Å². The zero-order chi connectivity index (χ0) is 17.8. The number of aliphatic carboxylic acids is 1. The summed E-state index contributed by atoms with van der Waals surface area (Å²) in [5.74, 6) is -0.591. The van der Waals surface area contributed by atoms with E-state index in [9.17, 15) is 9.59 Å². The number of carboxylic acids is 1. The number of carboxylic acid groups (broad SMARTS) is 1. The van der Waals surface area contributed by atoms with Crippen LogP contribution in [-0.4, -0.2) is 38.4 Å². The average molecular weight is 343 g/mol. The molecule has 3 rings (SSSR count). The zero-order valence-corrected chi connectivity index (χ0v) is 14.6. The molecule has 2 aromatic rings. The molecular weight excluding hydrogens is 318 g/mol. The molecule has 0 spiro atoms. The van der Waals surface area contributed by atoms with Crippen LogP contribution in [0.4, 0.5) is 0 Å². The fourth-order valence-corrected chi connectivity index (χ4v) is 3.65. The molecule has 2 atom stereocenters. The largest absolute Gasteiger partial charge is 0.481 e. The fourth-order valence-electron chi connectivity index (χ4n) is 3.65. The monoisotopic (exact) mass is 343 g/mol. The van der Waals surface area contributed by atoms with Crippen molar-refractivity contribution in [3.8, 4) is 0 Å². The topological polar surface area (TPSA) is 86.3 Å². The summed E-state index contributed by atoms with van der Waals surface area (Å²) in [6.45, 7) is 2.72. The number of rotatable bonds is 7. The Hall–Kier alpha value is -2.37. The molecule has 2 heterocycles. The van der Waals surface area contributed by atoms with Gasteiger partial charge in [0.1, 0.15) is 5.82 Å². The first-order chi connectivity index (χ1) is 12.1. The maximum absolute atomic E-state index is 13.0. The first-order valence-corrected chi connectivity index (χ1v) is 9.07. The number of amides is 1. The molecule has 1 aliphatic heterocycles. The van der Waals surface area contributed by atoms with Crippen LogP contribution in [0.1, 0.15) is 57.3 Å². The molecule has 6 heteroatoms. The Kier molecular flexibility index (Phi) is 5.36. The number of para-hydroxylation sites is 2. The number of imidazole rings is 1.